The predicted octanol–water partition coefficient (Wildman–Crippen LogP) is 15.3. The van der Waals surface area contributed by atoms with Gasteiger partial charge in [0.25, 0.3) is 0 Å². The lowest BCUT2D eigenvalue weighted by Gasteiger charge is -2.27. The third-order valence-electron chi connectivity index (χ3n) is 10.5. The molecule has 0 aliphatic heterocycles. The van der Waals surface area contributed by atoms with Gasteiger partial charge in [-0.2, -0.15) is 0 Å². The smallest absolute Gasteiger partial charge is 0.0646 e. The van der Waals surface area contributed by atoms with Crippen LogP contribution in [0.25, 0.3) is 75.5 Å². The first kappa shape index (κ1) is 32.0. The quantitative estimate of drug-likeness (QED) is 0.160. The molecular weight excluding hydrogens is 671 g/mol. The zero-order valence-corrected chi connectivity index (χ0v) is 30.4. The standard InChI is InChI=1S/C52H35NS/c1-3-11-36(12-4-1)39-19-21-40(22-20-39)42-27-31-47(32-28-42)53(46-29-25-41(26-30-46)37-13-5-2-6-14-37)50-35-45(44-24-23-38-15-7-8-16-43(38)33-44)34-49-48-17-9-10-18-51(48)54-52(49)50/h1-35H. The minimum atomic E-state index is 1.11. The van der Waals surface area contributed by atoms with Crippen molar-refractivity contribution in [1.29, 1.82) is 0 Å². The average molecular weight is 706 g/mol. The van der Waals surface area contributed by atoms with Crippen molar-refractivity contribution in [3.8, 4) is 44.5 Å². The molecule has 1 heterocycles. The number of hydrogen-bond donors (Lipinski definition) is 0. The van der Waals surface area contributed by atoms with E-state index in [0.29, 0.717) is 0 Å². The van der Waals surface area contributed by atoms with E-state index in [9.17, 15) is 0 Å². The minimum Gasteiger partial charge on any atom is -0.309 e. The van der Waals surface area contributed by atoms with Crippen molar-refractivity contribution in [3.05, 3.63) is 212 Å². The Labute approximate surface area is 319 Å². The maximum Gasteiger partial charge on any atom is 0.0646 e. The fourth-order valence-corrected chi connectivity index (χ4v) is 8.85. The molecule has 254 valence electrons. The van der Waals surface area contributed by atoms with Crippen molar-refractivity contribution >= 4 is 59.3 Å². The second-order valence-corrected chi connectivity index (χ2v) is 14.8. The van der Waals surface area contributed by atoms with Crippen LogP contribution in [0.1, 0.15) is 0 Å². The van der Waals surface area contributed by atoms with Crippen molar-refractivity contribution in [3.63, 3.8) is 0 Å². The predicted molar refractivity (Wildman–Crippen MR) is 233 cm³/mol. The van der Waals surface area contributed by atoms with Crippen LogP contribution in [0, 0.1) is 0 Å². The molecule has 0 saturated heterocycles. The van der Waals surface area contributed by atoms with Crippen LogP contribution in [0.4, 0.5) is 17.1 Å². The van der Waals surface area contributed by atoms with Gasteiger partial charge in [-0.3, -0.25) is 0 Å². The third kappa shape index (κ3) is 5.93. The van der Waals surface area contributed by atoms with Crippen molar-refractivity contribution in [1.82, 2.24) is 0 Å². The molecule has 0 saturated carbocycles. The van der Waals surface area contributed by atoms with Crippen LogP contribution in [0.3, 0.4) is 0 Å². The van der Waals surface area contributed by atoms with Gasteiger partial charge < -0.3 is 4.90 Å². The first-order valence-electron chi connectivity index (χ1n) is 18.4. The van der Waals surface area contributed by atoms with E-state index in [4.69, 9.17) is 0 Å². The highest BCUT2D eigenvalue weighted by molar-refractivity contribution is 7.26. The summed E-state index contributed by atoms with van der Waals surface area (Å²) in [6, 6.07) is 77.2. The van der Waals surface area contributed by atoms with Crippen LogP contribution in [0.5, 0.6) is 0 Å². The Kier molecular flexibility index (Phi) is 8.09. The molecule has 54 heavy (non-hydrogen) atoms. The molecular formula is C52H35NS. The Morgan fingerprint density at radius 3 is 1.35 bits per heavy atom. The lowest BCUT2D eigenvalue weighted by atomic mass is 9.97. The summed E-state index contributed by atoms with van der Waals surface area (Å²) in [5.74, 6) is 0. The maximum atomic E-state index is 2.44. The van der Waals surface area contributed by atoms with Gasteiger partial charge in [0, 0.05) is 26.8 Å². The fourth-order valence-electron chi connectivity index (χ4n) is 7.66. The van der Waals surface area contributed by atoms with Crippen LogP contribution >= 0.6 is 11.3 Å². The van der Waals surface area contributed by atoms with Crippen molar-refractivity contribution in [2.45, 2.75) is 0 Å². The zero-order valence-electron chi connectivity index (χ0n) is 29.6. The number of fused-ring (bicyclic) bond motifs is 4. The van der Waals surface area contributed by atoms with Gasteiger partial charge in [0.15, 0.2) is 0 Å². The largest absolute Gasteiger partial charge is 0.309 e. The molecule has 10 rings (SSSR count). The number of hydrogen-bond acceptors (Lipinski definition) is 2. The van der Waals surface area contributed by atoms with E-state index in [1.165, 1.54) is 81.1 Å². The summed E-state index contributed by atoms with van der Waals surface area (Å²) in [6.07, 6.45) is 0. The Morgan fingerprint density at radius 2 is 0.759 bits per heavy atom. The lowest BCUT2D eigenvalue weighted by Crippen LogP contribution is -2.10. The van der Waals surface area contributed by atoms with E-state index in [2.05, 4.69) is 217 Å². The summed E-state index contributed by atoms with van der Waals surface area (Å²) < 4.78 is 2.56. The van der Waals surface area contributed by atoms with Gasteiger partial charge in [-0.25, -0.2) is 0 Å². The summed E-state index contributed by atoms with van der Waals surface area (Å²) in [6.45, 7) is 0. The Balaban J connectivity index is 1.14. The molecule has 2 heteroatoms. The number of nitrogens with zero attached hydrogens (tertiary/aromatic N) is 1. The number of thiophene rings is 1. The van der Waals surface area contributed by atoms with Crippen LogP contribution in [0.15, 0.2) is 212 Å². The first-order chi connectivity index (χ1) is 26.7. The maximum absolute atomic E-state index is 2.44. The Hall–Kier alpha value is -6.74. The molecule has 0 unspecified atom stereocenters. The molecule has 0 spiro atoms. The van der Waals surface area contributed by atoms with Gasteiger partial charge in [-0.1, -0.05) is 164 Å². The highest BCUT2D eigenvalue weighted by atomic mass is 32.1. The molecule has 0 aliphatic carbocycles. The first-order valence-corrected chi connectivity index (χ1v) is 19.2. The van der Waals surface area contributed by atoms with Crippen LogP contribution in [-0.2, 0) is 0 Å². The van der Waals surface area contributed by atoms with Gasteiger partial charge in [0.2, 0.25) is 0 Å². The van der Waals surface area contributed by atoms with Gasteiger partial charge >= 0.3 is 0 Å². The van der Waals surface area contributed by atoms with E-state index >= 15 is 0 Å². The summed E-state index contributed by atoms with van der Waals surface area (Å²) in [7, 11) is 0. The monoisotopic (exact) mass is 705 g/mol. The third-order valence-corrected chi connectivity index (χ3v) is 11.7. The second kappa shape index (κ2) is 13.7. The summed E-state index contributed by atoms with van der Waals surface area (Å²) in [4.78, 5) is 2.44. The minimum absolute atomic E-state index is 1.11. The van der Waals surface area contributed by atoms with Gasteiger partial charge in [-0.15, -0.1) is 11.3 Å². The topological polar surface area (TPSA) is 3.24 Å². The molecule has 0 fully saturated rings. The van der Waals surface area contributed by atoms with E-state index in [1.807, 2.05) is 11.3 Å². The highest BCUT2D eigenvalue weighted by Crippen LogP contribution is 2.47. The van der Waals surface area contributed by atoms with Crippen molar-refractivity contribution in [2.24, 2.45) is 0 Å². The van der Waals surface area contributed by atoms with Crippen LogP contribution < -0.4 is 4.90 Å². The van der Waals surface area contributed by atoms with E-state index in [0.717, 1.165) is 11.4 Å². The van der Waals surface area contributed by atoms with Crippen LogP contribution in [0.2, 0.25) is 0 Å². The molecule has 1 nitrogen and oxygen atoms in total. The average Bonchev–Trinajstić information content (AvgIpc) is 3.64. The number of rotatable bonds is 7. The second-order valence-electron chi connectivity index (χ2n) is 13.8. The molecule has 0 amide bonds. The van der Waals surface area contributed by atoms with Crippen LogP contribution in [-0.4, -0.2) is 0 Å². The summed E-state index contributed by atoms with van der Waals surface area (Å²) in [5, 5.41) is 5.05. The van der Waals surface area contributed by atoms with Gasteiger partial charge in [0.1, 0.15) is 0 Å². The molecule has 0 bridgehead atoms. The van der Waals surface area contributed by atoms with Crippen molar-refractivity contribution < 1.29 is 0 Å². The number of anilines is 3. The SMILES string of the molecule is c1ccc(-c2ccc(-c3ccc(N(c4ccc(-c5ccccc5)cc4)c4cc(-c5ccc6ccccc6c5)cc5c4sc4ccccc45)cc3)cc2)cc1. The van der Waals surface area contributed by atoms with E-state index in [-0.39, 0.29) is 0 Å². The normalized spacial score (nSPS) is 11.3. The van der Waals surface area contributed by atoms with Crippen molar-refractivity contribution in [2.75, 3.05) is 4.90 Å². The summed E-state index contributed by atoms with van der Waals surface area (Å²) in [5.41, 5.74) is 13.1. The van der Waals surface area contributed by atoms with E-state index < -0.39 is 0 Å². The number of benzene rings is 9. The fraction of sp³-hybridized carbons (Fsp3) is 0. The van der Waals surface area contributed by atoms with E-state index in [1.54, 1.807) is 0 Å². The lowest BCUT2D eigenvalue weighted by molar-refractivity contribution is 1.30. The van der Waals surface area contributed by atoms with Gasteiger partial charge in [0.05, 0.1) is 10.4 Å². The molecule has 1 aromatic heterocycles. The Bertz CT molecular complexity index is 2890. The molecule has 0 aliphatic rings. The molecule has 10 aromatic rings. The molecule has 0 atom stereocenters. The highest BCUT2D eigenvalue weighted by Gasteiger charge is 2.20. The molecule has 0 radical (unpaired) electrons. The molecule has 0 N–H and O–H groups in total. The molecule has 9 aromatic carbocycles. The Morgan fingerprint density at radius 1 is 0.296 bits per heavy atom. The van der Waals surface area contributed by atoms with Gasteiger partial charge in [-0.05, 0) is 104 Å². The summed E-state index contributed by atoms with van der Waals surface area (Å²) >= 11 is 1.87. The zero-order chi connectivity index (χ0) is 35.8.